The van der Waals surface area contributed by atoms with E-state index in [1.807, 2.05) is 0 Å². The van der Waals surface area contributed by atoms with E-state index >= 15 is 0 Å². The molecule has 1 aliphatic carbocycles. The van der Waals surface area contributed by atoms with E-state index in [1.54, 1.807) is 11.3 Å². The predicted molar refractivity (Wildman–Crippen MR) is 64.7 cm³/mol. The minimum absolute atomic E-state index is 0.315. The van der Waals surface area contributed by atoms with Gasteiger partial charge in [0.2, 0.25) is 0 Å². The molecule has 0 N–H and O–H groups in total. The molecule has 2 rings (SSSR count). The van der Waals surface area contributed by atoms with Gasteiger partial charge in [0.1, 0.15) is 0 Å². The first-order valence-electron chi connectivity index (χ1n) is 5.79. The normalized spacial score (nSPS) is 18.0. The van der Waals surface area contributed by atoms with E-state index in [0.29, 0.717) is 11.7 Å². The molecule has 1 saturated carbocycles. The first kappa shape index (κ1) is 10.9. The number of carbonyl (C=O) groups excluding carboxylic acids is 1. The number of rotatable bonds is 2. The minimum atomic E-state index is 0.315. The highest BCUT2D eigenvalue weighted by Gasteiger charge is 2.24. The number of aryl methyl sites for hydroxylation is 2. The average Bonchev–Trinajstić information content (AvgIpc) is 2.58. The van der Waals surface area contributed by atoms with Crippen LogP contribution in [0.3, 0.4) is 0 Å². The summed E-state index contributed by atoms with van der Waals surface area (Å²) < 4.78 is 0. The van der Waals surface area contributed by atoms with Gasteiger partial charge in [0.05, 0.1) is 4.88 Å². The summed E-state index contributed by atoms with van der Waals surface area (Å²) in [6, 6.07) is 2.13. The van der Waals surface area contributed by atoms with Crippen molar-refractivity contribution in [1.82, 2.24) is 0 Å². The van der Waals surface area contributed by atoms with E-state index in [9.17, 15) is 4.79 Å². The summed E-state index contributed by atoms with van der Waals surface area (Å²) in [5.41, 5.74) is 1.17. The van der Waals surface area contributed by atoms with Gasteiger partial charge in [-0.05, 0) is 38.3 Å². The number of thiophene rings is 1. The molecule has 2 heteroatoms. The van der Waals surface area contributed by atoms with E-state index in [2.05, 4.69) is 19.9 Å². The third-order valence-corrected chi connectivity index (χ3v) is 4.41. The molecule has 0 aromatic carbocycles. The second-order valence-corrected chi connectivity index (χ2v) is 5.82. The van der Waals surface area contributed by atoms with Gasteiger partial charge in [0.25, 0.3) is 0 Å². The van der Waals surface area contributed by atoms with Crippen LogP contribution in [-0.4, -0.2) is 5.78 Å². The fraction of sp³-hybridized carbons (Fsp3) is 0.615. The van der Waals surface area contributed by atoms with Gasteiger partial charge in [0.15, 0.2) is 5.78 Å². The van der Waals surface area contributed by atoms with E-state index in [-0.39, 0.29) is 0 Å². The molecular weight excluding hydrogens is 204 g/mol. The number of Topliss-reactive ketones (excluding diaryl/α,β-unsaturated/α-hetero) is 1. The maximum Gasteiger partial charge on any atom is 0.176 e. The topological polar surface area (TPSA) is 17.1 Å². The Balaban J connectivity index is 2.16. The second kappa shape index (κ2) is 4.48. The molecule has 1 aromatic heterocycles. The number of ketones is 1. The number of hydrogen-bond acceptors (Lipinski definition) is 2. The minimum Gasteiger partial charge on any atom is -0.293 e. The maximum atomic E-state index is 12.2. The highest BCUT2D eigenvalue weighted by Crippen LogP contribution is 2.31. The highest BCUT2D eigenvalue weighted by atomic mass is 32.1. The van der Waals surface area contributed by atoms with Crippen LogP contribution in [0, 0.1) is 19.8 Å². The molecule has 0 atom stereocenters. The van der Waals surface area contributed by atoms with Gasteiger partial charge >= 0.3 is 0 Å². The van der Waals surface area contributed by atoms with Gasteiger partial charge in [-0.2, -0.15) is 0 Å². The summed E-state index contributed by atoms with van der Waals surface area (Å²) in [7, 11) is 0. The zero-order valence-corrected chi connectivity index (χ0v) is 10.3. The fourth-order valence-corrected chi connectivity index (χ4v) is 3.48. The molecule has 0 amide bonds. The van der Waals surface area contributed by atoms with E-state index in [1.165, 1.54) is 29.7 Å². The monoisotopic (exact) mass is 222 g/mol. The molecule has 0 unspecified atom stereocenters. The Morgan fingerprint density at radius 3 is 2.47 bits per heavy atom. The molecule has 0 bridgehead atoms. The van der Waals surface area contributed by atoms with Crippen LogP contribution < -0.4 is 0 Å². The molecule has 1 nitrogen and oxygen atoms in total. The summed E-state index contributed by atoms with van der Waals surface area (Å²) in [5, 5.41) is 0. The second-order valence-electron chi connectivity index (χ2n) is 4.57. The highest BCUT2D eigenvalue weighted by molar-refractivity contribution is 7.14. The zero-order chi connectivity index (χ0) is 10.8. The summed E-state index contributed by atoms with van der Waals surface area (Å²) in [6.07, 6.45) is 6.00. The molecule has 1 aliphatic rings. The van der Waals surface area contributed by atoms with Crippen molar-refractivity contribution in [3.8, 4) is 0 Å². The van der Waals surface area contributed by atoms with Crippen LogP contribution in [0.5, 0.6) is 0 Å². The van der Waals surface area contributed by atoms with E-state index in [4.69, 9.17) is 0 Å². The molecule has 15 heavy (non-hydrogen) atoms. The Morgan fingerprint density at radius 2 is 1.93 bits per heavy atom. The fourth-order valence-electron chi connectivity index (χ4n) is 2.44. The van der Waals surface area contributed by atoms with Crippen LogP contribution in [-0.2, 0) is 0 Å². The summed E-state index contributed by atoms with van der Waals surface area (Å²) >= 11 is 1.67. The van der Waals surface area contributed by atoms with E-state index in [0.717, 1.165) is 17.7 Å². The Hall–Kier alpha value is -0.630. The quantitative estimate of drug-likeness (QED) is 0.688. The van der Waals surface area contributed by atoms with Gasteiger partial charge in [-0.1, -0.05) is 19.3 Å². The standard InChI is InChI=1S/C13H18OS/c1-9-8-10(2)15-13(9)12(14)11-6-4-3-5-7-11/h8,11H,3-7H2,1-2H3. The van der Waals surface area contributed by atoms with Gasteiger partial charge in [-0.25, -0.2) is 0 Å². The molecule has 0 saturated heterocycles. The lowest BCUT2D eigenvalue weighted by Gasteiger charge is -2.19. The van der Waals surface area contributed by atoms with Gasteiger partial charge in [-0.3, -0.25) is 4.79 Å². The first-order chi connectivity index (χ1) is 7.18. The molecular formula is C13H18OS. The zero-order valence-electron chi connectivity index (χ0n) is 9.51. The Morgan fingerprint density at radius 1 is 1.27 bits per heavy atom. The van der Waals surface area contributed by atoms with Crippen molar-refractivity contribution in [3.05, 3.63) is 21.4 Å². The first-order valence-corrected chi connectivity index (χ1v) is 6.61. The van der Waals surface area contributed by atoms with Crippen LogP contribution in [0.15, 0.2) is 6.07 Å². The average molecular weight is 222 g/mol. The largest absolute Gasteiger partial charge is 0.293 e. The number of carbonyl (C=O) groups is 1. The lowest BCUT2D eigenvalue weighted by molar-refractivity contribution is 0.0893. The lowest BCUT2D eigenvalue weighted by atomic mass is 9.85. The lowest BCUT2D eigenvalue weighted by Crippen LogP contribution is -2.17. The summed E-state index contributed by atoms with van der Waals surface area (Å²) in [4.78, 5) is 14.5. The van der Waals surface area contributed by atoms with Gasteiger partial charge in [0, 0.05) is 10.8 Å². The SMILES string of the molecule is Cc1cc(C)c(C(=O)C2CCCCC2)s1. The molecule has 1 aromatic rings. The van der Waals surface area contributed by atoms with Crippen molar-refractivity contribution in [2.45, 2.75) is 46.0 Å². The van der Waals surface area contributed by atoms with Crippen LogP contribution in [0.25, 0.3) is 0 Å². The van der Waals surface area contributed by atoms with Gasteiger partial charge < -0.3 is 0 Å². The van der Waals surface area contributed by atoms with Crippen molar-refractivity contribution >= 4 is 17.1 Å². The molecule has 0 radical (unpaired) electrons. The Bertz CT molecular complexity index is 359. The Labute approximate surface area is 95.5 Å². The molecule has 1 heterocycles. The molecule has 0 aliphatic heterocycles. The number of hydrogen-bond donors (Lipinski definition) is 0. The van der Waals surface area contributed by atoms with Crippen LogP contribution >= 0.6 is 11.3 Å². The molecule has 1 fully saturated rings. The van der Waals surface area contributed by atoms with Crippen molar-refractivity contribution < 1.29 is 4.79 Å². The Kier molecular flexibility index (Phi) is 3.25. The van der Waals surface area contributed by atoms with Crippen LogP contribution in [0.4, 0.5) is 0 Å². The van der Waals surface area contributed by atoms with Crippen molar-refractivity contribution in [3.63, 3.8) is 0 Å². The predicted octanol–water partition coefficient (Wildman–Crippen LogP) is 4.13. The van der Waals surface area contributed by atoms with Crippen LogP contribution in [0.1, 0.15) is 52.2 Å². The maximum absolute atomic E-state index is 12.2. The molecule has 82 valence electrons. The van der Waals surface area contributed by atoms with Crippen molar-refractivity contribution in [1.29, 1.82) is 0 Å². The summed E-state index contributed by atoms with van der Waals surface area (Å²) in [6.45, 7) is 4.13. The van der Waals surface area contributed by atoms with Crippen molar-refractivity contribution in [2.75, 3.05) is 0 Å². The third-order valence-electron chi connectivity index (χ3n) is 3.24. The molecule has 0 spiro atoms. The third kappa shape index (κ3) is 2.31. The van der Waals surface area contributed by atoms with Crippen LogP contribution in [0.2, 0.25) is 0 Å². The van der Waals surface area contributed by atoms with Crippen molar-refractivity contribution in [2.24, 2.45) is 5.92 Å². The van der Waals surface area contributed by atoms with Gasteiger partial charge in [-0.15, -0.1) is 11.3 Å². The van der Waals surface area contributed by atoms with E-state index < -0.39 is 0 Å². The summed E-state index contributed by atoms with van der Waals surface area (Å²) in [5.74, 6) is 0.723. The smallest absolute Gasteiger partial charge is 0.176 e.